The predicted molar refractivity (Wildman–Crippen MR) is 79.5 cm³/mol. The number of rotatable bonds is 2. The van der Waals surface area contributed by atoms with Crippen LogP contribution in [0, 0.1) is 6.92 Å². The van der Waals surface area contributed by atoms with E-state index in [1.54, 1.807) is 19.3 Å². The normalized spacial score (nSPS) is 16.9. The molecule has 0 aromatic carbocycles. The topological polar surface area (TPSA) is 89.8 Å². The second-order valence-corrected chi connectivity index (χ2v) is 5.53. The molecule has 0 radical (unpaired) electrons. The van der Waals surface area contributed by atoms with Gasteiger partial charge in [0, 0.05) is 25.4 Å². The summed E-state index contributed by atoms with van der Waals surface area (Å²) in [5.74, 6) is -0.238. The maximum absolute atomic E-state index is 12.2. The van der Waals surface area contributed by atoms with Gasteiger partial charge in [0.05, 0.1) is 17.6 Å². The first kappa shape index (κ1) is 14.4. The number of fused-ring (bicyclic) bond motifs is 1. The molecule has 1 amide bonds. The number of carbonyl (C=O) groups excluding carboxylic acids is 1. The highest BCUT2D eigenvalue weighted by Gasteiger charge is 2.23. The van der Waals surface area contributed by atoms with E-state index in [4.69, 9.17) is 0 Å². The van der Waals surface area contributed by atoms with E-state index in [1.807, 2.05) is 6.92 Å². The monoisotopic (exact) mass is 299 g/mol. The molecule has 0 saturated heterocycles. The lowest BCUT2D eigenvalue weighted by Gasteiger charge is -2.24. The molecule has 1 N–H and O–H groups in total. The standard InChI is InChI=1S/C15H17N5O2/c1-9-7-17-13(8-16-9)15(22)18-11-3-4-12-10(5-11)6-14(21)20(2)19-12/h6-8,11H,3-5H2,1-2H3,(H,18,22)/t11-/m1/s1. The Morgan fingerprint density at radius 2 is 2.18 bits per heavy atom. The highest BCUT2D eigenvalue weighted by molar-refractivity contribution is 5.92. The lowest BCUT2D eigenvalue weighted by molar-refractivity contribution is 0.0928. The van der Waals surface area contributed by atoms with Gasteiger partial charge in [0.15, 0.2) is 0 Å². The van der Waals surface area contributed by atoms with Crippen LogP contribution in [0.3, 0.4) is 0 Å². The molecule has 2 heterocycles. The summed E-state index contributed by atoms with van der Waals surface area (Å²) in [5.41, 5.74) is 2.79. The molecule has 0 fully saturated rings. The third-order valence-electron chi connectivity index (χ3n) is 3.80. The average Bonchev–Trinajstić information content (AvgIpc) is 2.49. The van der Waals surface area contributed by atoms with Gasteiger partial charge in [-0.2, -0.15) is 5.10 Å². The summed E-state index contributed by atoms with van der Waals surface area (Å²) >= 11 is 0. The largest absolute Gasteiger partial charge is 0.348 e. The first-order valence-electron chi connectivity index (χ1n) is 7.18. The Kier molecular flexibility index (Phi) is 3.70. The third kappa shape index (κ3) is 2.88. The summed E-state index contributed by atoms with van der Waals surface area (Å²) in [4.78, 5) is 32.0. The van der Waals surface area contributed by atoms with Gasteiger partial charge in [-0.3, -0.25) is 14.6 Å². The summed E-state index contributed by atoms with van der Waals surface area (Å²) in [6.07, 6.45) is 5.19. The molecule has 2 aromatic rings. The first-order valence-corrected chi connectivity index (χ1v) is 7.18. The summed E-state index contributed by atoms with van der Waals surface area (Å²) < 4.78 is 1.35. The number of carbonyl (C=O) groups is 1. The zero-order valence-electron chi connectivity index (χ0n) is 12.5. The number of hydrogen-bond acceptors (Lipinski definition) is 5. The Bertz CT molecular complexity index is 766. The van der Waals surface area contributed by atoms with Crippen LogP contribution >= 0.6 is 0 Å². The van der Waals surface area contributed by atoms with Gasteiger partial charge < -0.3 is 5.32 Å². The molecule has 0 unspecified atom stereocenters. The van der Waals surface area contributed by atoms with Crippen molar-refractivity contribution >= 4 is 5.91 Å². The Balaban J connectivity index is 1.72. The summed E-state index contributed by atoms with van der Waals surface area (Å²) in [6, 6.07) is 1.59. The second-order valence-electron chi connectivity index (χ2n) is 5.53. The lowest BCUT2D eigenvalue weighted by Crippen LogP contribution is -2.40. The zero-order chi connectivity index (χ0) is 15.7. The Hall–Kier alpha value is -2.57. The summed E-state index contributed by atoms with van der Waals surface area (Å²) in [7, 11) is 1.65. The molecule has 0 spiro atoms. The van der Waals surface area contributed by atoms with Gasteiger partial charge in [-0.1, -0.05) is 0 Å². The van der Waals surface area contributed by atoms with Gasteiger partial charge in [0.25, 0.3) is 11.5 Å². The number of nitrogens with one attached hydrogen (secondary N) is 1. The van der Waals surface area contributed by atoms with Crippen LogP contribution in [0.2, 0.25) is 0 Å². The van der Waals surface area contributed by atoms with Crippen molar-refractivity contribution in [2.75, 3.05) is 0 Å². The minimum atomic E-state index is -0.238. The summed E-state index contributed by atoms with van der Waals surface area (Å²) in [6.45, 7) is 1.82. The van der Waals surface area contributed by atoms with Gasteiger partial charge in [0.2, 0.25) is 0 Å². The first-order chi connectivity index (χ1) is 10.5. The van der Waals surface area contributed by atoms with Gasteiger partial charge >= 0.3 is 0 Å². The fourth-order valence-electron chi connectivity index (χ4n) is 2.58. The van der Waals surface area contributed by atoms with Crippen LogP contribution in [0.25, 0.3) is 0 Å². The van der Waals surface area contributed by atoms with Crippen molar-refractivity contribution < 1.29 is 4.79 Å². The van der Waals surface area contributed by atoms with E-state index >= 15 is 0 Å². The third-order valence-corrected chi connectivity index (χ3v) is 3.80. The minimum Gasteiger partial charge on any atom is -0.348 e. The van der Waals surface area contributed by atoms with Gasteiger partial charge in [-0.15, -0.1) is 0 Å². The van der Waals surface area contributed by atoms with Crippen molar-refractivity contribution in [1.29, 1.82) is 0 Å². The van der Waals surface area contributed by atoms with Crippen molar-refractivity contribution in [3.05, 3.63) is 51.5 Å². The maximum Gasteiger partial charge on any atom is 0.271 e. The Labute approximate surface area is 127 Å². The van der Waals surface area contributed by atoms with E-state index in [9.17, 15) is 9.59 Å². The van der Waals surface area contributed by atoms with Crippen LogP contribution in [0.15, 0.2) is 23.3 Å². The van der Waals surface area contributed by atoms with Crippen LogP contribution < -0.4 is 10.9 Å². The number of amides is 1. The van der Waals surface area contributed by atoms with E-state index in [0.717, 1.165) is 29.8 Å². The number of aryl methyl sites for hydroxylation is 3. The fraction of sp³-hybridized carbons (Fsp3) is 0.400. The minimum absolute atomic E-state index is 0.0167. The van der Waals surface area contributed by atoms with Crippen LogP contribution in [-0.4, -0.2) is 31.7 Å². The predicted octanol–water partition coefficient (Wildman–Crippen LogP) is 0.166. The zero-order valence-corrected chi connectivity index (χ0v) is 12.5. The Morgan fingerprint density at radius 1 is 1.36 bits per heavy atom. The van der Waals surface area contributed by atoms with E-state index in [-0.39, 0.29) is 17.5 Å². The molecule has 7 nitrogen and oxygen atoms in total. The number of aromatic nitrogens is 4. The fourth-order valence-corrected chi connectivity index (χ4v) is 2.58. The molecule has 114 valence electrons. The van der Waals surface area contributed by atoms with Crippen molar-refractivity contribution in [1.82, 2.24) is 25.1 Å². The average molecular weight is 299 g/mol. The SMILES string of the molecule is Cc1cnc(C(=O)N[C@@H]2CCc3nn(C)c(=O)cc3C2)cn1. The molecule has 3 rings (SSSR count). The lowest BCUT2D eigenvalue weighted by atomic mass is 9.92. The van der Waals surface area contributed by atoms with E-state index in [0.29, 0.717) is 12.1 Å². The highest BCUT2D eigenvalue weighted by Crippen LogP contribution is 2.18. The molecule has 7 heteroatoms. The quantitative estimate of drug-likeness (QED) is 0.853. The van der Waals surface area contributed by atoms with Crippen LogP contribution in [0.4, 0.5) is 0 Å². The van der Waals surface area contributed by atoms with Crippen LogP contribution in [-0.2, 0) is 19.9 Å². The number of hydrogen-bond donors (Lipinski definition) is 1. The van der Waals surface area contributed by atoms with Gasteiger partial charge in [-0.05, 0) is 31.7 Å². The van der Waals surface area contributed by atoms with Crippen LogP contribution in [0.1, 0.15) is 33.9 Å². The van der Waals surface area contributed by atoms with Gasteiger partial charge in [-0.25, -0.2) is 9.67 Å². The van der Waals surface area contributed by atoms with Crippen molar-refractivity contribution in [3.8, 4) is 0 Å². The van der Waals surface area contributed by atoms with Crippen molar-refractivity contribution in [2.24, 2.45) is 7.05 Å². The Morgan fingerprint density at radius 3 is 2.91 bits per heavy atom. The molecule has 2 aromatic heterocycles. The maximum atomic E-state index is 12.2. The molecular weight excluding hydrogens is 282 g/mol. The molecule has 1 atom stereocenters. The van der Waals surface area contributed by atoms with Crippen molar-refractivity contribution in [3.63, 3.8) is 0 Å². The molecule has 1 aliphatic carbocycles. The van der Waals surface area contributed by atoms with Crippen LogP contribution in [0.5, 0.6) is 0 Å². The van der Waals surface area contributed by atoms with E-state index in [2.05, 4.69) is 20.4 Å². The van der Waals surface area contributed by atoms with Crippen molar-refractivity contribution in [2.45, 2.75) is 32.2 Å². The molecule has 1 aliphatic rings. The van der Waals surface area contributed by atoms with Gasteiger partial charge in [0.1, 0.15) is 5.69 Å². The molecule has 0 aliphatic heterocycles. The molecular formula is C15H17N5O2. The van der Waals surface area contributed by atoms with E-state index in [1.165, 1.54) is 10.9 Å². The molecule has 0 bridgehead atoms. The highest BCUT2D eigenvalue weighted by atomic mass is 16.2. The molecule has 22 heavy (non-hydrogen) atoms. The summed E-state index contributed by atoms with van der Waals surface area (Å²) in [5, 5.41) is 7.22. The second kappa shape index (κ2) is 5.67. The smallest absolute Gasteiger partial charge is 0.271 e. The van der Waals surface area contributed by atoms with E-state index < -0.39 is 0 Å². The number of nitrogens with zero attached hydrogens (tertiary/aromatic N) is 4. The molecule has 0 saturated carbocycles.